The number of aliphatic hydroxyl groups excluding tert-OH is 1. The zero-order valence-electron chi connectivity index (χ0n) is 8.22. The summed E-state index contributed by atoms with van der Waals surface area (Å²) in [6.07, 6.45) is 0.679. The topological polar surface area (TPSA) is 110 Å². The third-order valence-corrected chi connectivity index (χ3v) is 2.44. The molecule has 0 amide bonds. The van der Waals surface area contributed by atoms with Crippen LogP contribution in [-0.2, 0) is 6.54 Å². The second-order valence-electron chi connectivity index (χ2n) is 3.33. The molecule has 0 aliphatic rings. The Hall–Kier alpha value is -1.60. The van der Waals surface area contributed by atoms with Crippen LogP contribution in [0.2, 0.25) is 0 Å². The summed E-state index contributed by atoms with van der Waals surface area (Å²) in [4.78, 5) is 21.8. The van der Waals surface area contributed by atoms with Crippen molar-refractivity contribution in [2.24, 2.45) is 0 Å². The number of anilines is 1. The molecule has 0 aliphatic heterocycles. The summed E-state index contributed by atoms with van der Waals surface area (Å²) in [5.41, 5.74) is 5.52. The van der Waals surface area contributed by atoms with Gasteiger partial charge in [0.2, 0.25) is 5.95 Å². The molecule has 1 atom stereocenters. The second-order valence-corrected chi connectivity index (χ2v) is 3.64. The van der Waals surface area contributed by atoms with E-state index in [0.29, 0.717) is 0 Å². The molecule has 86 valence electrons. The summed E-state index contributed by atoms with van der Waals surface area (Å²) in [5, 5.41) is 9.40. The third kappa shape index (κ3) is 1.86. The molecule has 8 heteroatoms. The maximum absolute atomic E-state index is 11.6. The lowest BCUT2D eigenvalue weighted by Gasteiger charge is -2.07. The number of hydrogen-bond donors (Lipinski definition) is 3. The van der Waals surface area contributed by atoms with Gasteiger partial charge in [-0.2, -0.15) is 4.98 Å². The Morgan fingerprint density at radius 2 is 2.44 bits per heavy atom. The Bertz CT molecular complexity index is 563. The van der Waals surface area contributed by atoms with Crippen LogP contribution in [0.15, 0.2) is 11.1 Å². The number of nitrogens with one attached hydrogen (secondary N) is 1. The highest BCUT2D eigenvalue weighted by atomic mass is 35.5. The van der Waals surface area contributed by atoms with Crippen molar-refractivity contribution in [2.45, 2.75) is 12.6 Å². The molecule has 0 aromatic carbocycles. The van der Waals surface area contributed by atoms with E-state index in [1.165, 1.54) is 10.9 Å². The van der Waals surface area contributed by atoms with Crippen LogP contribution < -0.4 is 11.3 Å². The summed E-state index contributed by atoms with van der Waals surface area (Å²) in [6.45, 7) is 0.189. The molecule has 16 heavy (non-hydrogen) atoms. The molecule has 0 spiro atoms. The number of aliphatic hydroxyl groups is 1. The standard InChI is InChI=1S/C8H10ClN5O2/c9-1-4(15)2-14-3-11-6-5(14)7(16)13-8(10)12-6/h3-4,15H,1-2H2,(H3,10,12,13,16)/t4-/m1/s1. The maximum Gasteiger partial charge on any atom is 0.278 e. The zero-order chi connectivity index (χ0) is 11.7. The molecule has 4 N–H and O–H groups in total. The SMILES string of the molecule is Nc1nc2ncn(C[C@H](O)CCl)c2c(=O)[nH]1. The molecule has 2 aromatic heterocycles. The van der Waals surface area contributed by atoms with E-state index in [-0.39, 0.29) is 35.1 Å². The number of nitrogens with two attached hydrogens (primary N) is 1. The Morgan fingerprint density at radius 3 is 3.12 bits per heavy atom. The predicted octanol–water partition coefficient (Wildman–Crippen LogP) is -0.699. The average molecular weight is 244 g/mol. The zero-order valence-corrected chi connectivity index (χ0v) is 8.98. The van der Waals surface area contributed by atoms with Crippen molar-refractivity contribution in [2.75, 3.05) is 11.6 Å². The first-order chi connectivity index (χ1) is 7.61. The van der Waals surface area contributed by atoms with Gasteiger partial charge in [0.25, 0.3) is 5.56 Å². The van der Waals surface area contributed by atoms with E-state index in [2.05, 4.69) is 15.0 Å². The fraction of sp³-hybridized carbons (Fsp3) is 0.375. The number of nitrogens with zero attached hydrogens (tertiary/aromatic N) is 3. The van der Waals surface area contributed by atoms with Crippen molar-refractivity contribution in [3.05, 3.63) is 16.7 Å². The lowest BCUT2D eigenvalue weighted by molar-refractivity contribution is 0.178. The van der Waals surface area contributed by atoms with Crippen molar-refractivity contribution in [1.29, 1.82) is 0 Å². The van der Waals surface area contributed by atoms with Crippen LogP contribution in [0.5, 0.6) is 0 Å². The molecule has 2 rings (SSSR count). The minimum Gasteiger partial charge on any atom is -0.390 e. The number of alkyl halides is 1. The Morgan fingerprint density at radius 1 is 1.69 bits per heavy atom. The molecule has 2 aromatic rings. The van der Waals surface area contributed by atoms with Crippen molar-refractivity contribution in [3.63, 3.8) is 0 Å². The Labute approximate surface area is 94.9 Å². The van der Waals surface area contributed by atoms with Crippen LogP contribution in [0.1, 0.15) is 0 Å². The van der Waals surface area contributed by atoms with E-state index in [4.69, 9.17) is 17.3 Å². The van der Waals surface area contributed by atoms with E-state index in [1.807, 2.05) is 0 Å². The van der Waals surface area contributed by atoms with Gasteiger partial charge < -0.3 is 15.4 Å². The molecule has 7 nitrogen and oxygen atoms in total. The molecular formula is C8H10ClN5O2. The lowest BCUT2D eigenvalue weighted by atomic mass is 10.4. The molecule has 0 fully saturated rings. The molecular weight excluding hydrogens is 234 g/mol. The molecule has 0 aliphatic carbocycles. The number of hydrogen-bond acceptors (Lipinski definition) is 5. The van der Waals surface area contributed by atoms with Gasteiger partial charge >= 0.3 is 0 Å². The van der Waals surface area contributed by atoms with Crippen LogP contribution >= 0.6 is 11.6 Å². The first-order valence-corrected chi connectivity index (χ1v) is 5.10. The number of H-pyrrole nitrogens is 1. The Balaban J connectivity index is 2.52. The highest BCUT2D eigenvalue weighted by Crippen LogP contribution is 2.07. The molecule has 2 heterocycles. The first kappa shape index (κ1) is 10.9. The van der Waals surface area contributed by atoms with Crippen LogP contribution in [0, 0.1) is 0 Å². The van der Waals surface area contributed by atoms with Crippen LogP contribution in [0.25, 0.3) is 11.2 Å². The van der Waals surface area contributed by atoms with Crippen molar-refractivity contribution in [3.8, 4) is 0 Å². The van der Waals surface area contributed by atoms with Crippen molar-refractivity contribution >= 4 is 28.7 Å². The van der Waals surface area contributed by atoms with E-state index in [1.54, 1.807) is 0 Å². The number of halogens is 1. The van der Waals surface area contributed by atoms with E-state index in [9.17, 15) is 9.90 Å². The van der Waals surface area contributed by atoms with E-state index < -0.39 is 6.10 Å². The summed E-state index contributed by atoms with van der Waals surface area (Å²) < 4.78 is 1.49. The van der Waals surface area contributed by atoms with Gasteiger partial charge in [-0.1, -0.05) is 0 Å². The summed E-state index contributed by atoms with van der Waals surface area (Å²) in [5.74, 6) is 0.0978. The molecule has 0 saturated heterocycles. The quantitative estimate of drug-likeness (QED) is 0.618. The highest BCUT2D eigenvalue weighted by Gasteiger charge is 2.11. The summed E-state index contributed by atoms with van der Waals surface area (Å²) in [6, 6.07) is 0. The second kappa shape index (κ2) is 4.11. The van der Waals surface area contributed by atoms with Gasteiger partial charge in [-0.05, 0) is 0 Å². The predicted molar refractivity (Wildman–Crippen MR) is 59.3 cm³/mol. The van der Waals surface area contributed by atoms with Gasteiger partial charge in [-0.15, -0.1) is 11.6 Å². The van der Waals surface area contributed by atoms with E-state index >= 15 is 0 Å². The number of rotatable bonds is 3. The van der Waals surface area contributed by atoms with Crippen LogP contribution in [0.4, 0.5) is 5.95 Å². The van der Waals surface area contributed by atoms with Gasteiger partial charge in [0.15, 0.2) is 11.2 Å². The minimum absolute atomic E-state index is 0.0145. The van der Waals surface area contributed by atoms with Crippen LogP contribution in [-0.4, -0.2) is 36.6 Å². The number of fused-ring (bicyclic) bond motifs is 1. The van der Waals surface area contributed by atoms with Gasteiger partial charge in [0.05, 0.1) is 24.9 Å². The first-order valence-electron chi connectivity index (χ1n) is 4.56. The van der Waals surface area contributed by atoms with Crippen LogP contribution in [0.3, 0.4) is 0 Å². The monoisotopic (exact) mass is 243 g/mol. The van der Waals surface area contributed by atoms with Gasteiger partial charge in [-0.25, -0.2) is 4.98 Å². The molecule has 0 saturated carbocycles. The Kier molecular flexibility index (Phi) is 2.80. The van der Waals surface area contributed by atoms with Crippen molar-refractivity contribution < 1.29 is 5.11 Å². The lowest BCUT2D eigenvalue weighted by Crippen LogP contribution is -2.20. The van der Waals surface area contributed by atoms with E-state index in [0.717, 1.165) is 0 Å². The number of aromatic amines is 1. The van der Waals surface area contributed by atoms with Crippen molar-refractivity contribution in [1.82, 2.24) is 19.5 Å². The van der Waals surface area contributed by atoms with Gasteiger partial charge in [-0.3, -0.25) is 9.78 Å². The minimum atomic E-state index is -0.740. The summed E-state index contributed by atoms with van der Waals surface area (Å²) in [7, 11) is 0. The van der Waals surface area contributed by atoms with Gasteiger partial charge in [0.1, 0.15) is 0 Å². The normalized spacial score (nSPS) is 13.1. The fourth-order valence-corrected chi connectivity index (χ4v) is 1.51. The molecule has 0 radical (unpaired) electrons. The number of imidazole rings is 1. The fourth-order valence-electron chi connectivity index (χ4n) is 1.42. The smallest absolute Gasteiger partial charge is 0.278 e. The number of aromatic nitrogens is 4. The largest absolute Gasteiger partial charge is 0.390 e. The maximum atomic E-state index is 11.6. The molecule has 0 bridgehead atoms. The van der Waals surface area contributed by atoms with Gasteiger partial charge in [0, 0.05) is 0 Å². The third-order valence-electron chi connectivity index (χ3n) is 2.09. The summed E-state index contributed by atoms with van der Waals surface area (Å²) >= 11 is 5.48. The average Bonchev–Trinajstić information content (AvgIpc) is 2.61. The molecule has 0 unspecified atom stereocenters. The number of nitrogen functional groups attached to an aromatic ring is 1. The highest BCUT2D eigenvalue weighted by molar-refractivity contribution is 6.18.